The van der Waals surface area contributed by atoms with Crippen molar-refractivity contribution in [2.24, 2.45) is 0 Å². The molecule has 0 saturated carbocycles. The van der Waals surface area contributed by atoms with Crippen LogP contribution in [0.1, 0.15) is 97.1 Å². The van der Waals surface area contributed by atoms with Crippen molar-refractivity contribution >= 4 is 22.7 Å². The summed E-state index contributed by atoms with van der Waals surface area (Å²) in [7, 11) is 0. The maximum atomic E-state index is 12.8. The number of benzene rings is 4. The van der Waals surface area contributed by atoms with Crippen LogP contribution in [0.4, 0.5) is 0 Å². The van der Waals surface area contributed by atoms with Crippen LogP contribution in [0.5, 0.6) is 11.5 Å². The molecule has 4 nitrogen and oxygen atoms in total. The summed E-state index contributed by atoms with van der Waals surface area (Å²) in [5, 5.41) is 1.70. The highest BCUT2D eigenvalue weighted by Crippen LogP contribution is 2.22. The number of hydrogen-bond donors (Lipinski definition) is 0. The molecule has 4 rings (SSSR count). The molecule has 0 aromatic heterocycles. The molecule has 0 unspecified atom stereocenters. The van der Waals surface area contributed by atoms with Gasteiger partial charge in [-0.2, -0.15) is 0 Å². The molecule has 4 heteroatoms. The minimum atomic E-state index is -0.408. The highest BCUT2D eigenvalue weighted by molar-refractivity contribution is 5.99. The topological polar surface area (TPSA) is 52.6 Å². The zero-order chi connectivity index (χ0) is 28.2. The minimum absolute atomic E-state index is 0.408. The van der Waals surface area contributed by atoms with Crippen molar-refractivity contribution in [3.05, 3.63) is 107 Å². The van der Waals surface area contributed by atoms with Gasteiger partial charge in [0.05, 0.1) is 11.1 Å². The van der Waals surface area contributed by atoms with E-state index >= 15 is 0 Å². The van der Waals surface area contributed by atoms with Crippen LogP contribution in [-0.2, 0) is 12.8 Å². The molecule has 0 bridgehead atoms. The molecular formula is C36H40O4. The first-order chi connectivity index (χ1) is 19.6. The van der Waals surface area contributed by atoms with E-state index in [1.54, 1.807) is 24.3 Å². The first-order valence-electron chi connectivity index (χ1n) is 14.7. The van der Waals surface area contributed by atoms with Gasteiger partial charge in [-0.25, -0.2) is 9.59 Å². The Morgan fingerprint density at radius 2 is 0.900 bits per heavy atom. The maximum Gasteiger partial charge on any atom is 0.343 e. The van der Waals surface area contributed by atoms with Crippen LogP contribution >= 0.6 is 0 Å². The number of fused-ring (bicyclic) bond motifs is 1. The fourth-order valence-corrected chi connectivity index (χ4v) is 4.79. The average Bonchev–Trinajstić information content (AvgIpc) is 2.98. The highest BCUT2D eigenvalue weighted by atomic mass is 16.5. The van der Waals surface area contributed by atoms with Gasteiger partial charge in [-0.05, 0) is 96.1 Å². The van der Waals surface area contributed by atoms with Gasteiger partial charge in [-0.3, -0.25) is 0 Å². The number of hydrogen-bond acceptors (Lipinski definition) is 4. The number of rotatable bonds is 14. The Bertz CT molecular complexity index is 1280. The summed E-state index contributed by atoms with van der Waals surface area (Å²) < 4.78 is 11.2. The van der Waals surface area contributed by atoms with Gasteiger partial charge in [-0.1, -0.05) is 88.8 Å². The normalized spacial score (nSPS) is 10.9. The Morgan fingerprint density at radius 3 is 1.27 bits per heavy atom. The molecule has 0 N–H and O–H groups in total. The van der Waals surface area contributed by atoms with E-state index in [1.165, 1.54) is 62.5 Å². The van der Waals surface area contributed by atoms with Crippen LogP contribution in [0.3, 0.4) is 0 Å². The summed E-state index contributed by atoms with van der Waals surface area (Å²) in [5.74, 6) is 0.250. The lowest BCUT2D eigenvalue weighted by molar-refractivity contribution is 0.0725. The Hall–Kier alpha value is -3.92. The highest BCUT2D eigenvalue weighted by Gasteiger charge is 2.13. The molecule has 0 heterocycles. The van der Waals surface area contributed by atoms with Crippen LogP contribution in [0.25, 0.3) is 10.8 Å². The lowest BCUT2D eigenvalue weighted by Crippen LogP contribution is -2.09. The van der Waals surface area contributed by atoms with Crippen molar-refractivity contribution in [2.75, 3.05) is 0 Å². The van der Waals surface area contributed by atoms with Gasteiger partial charge in [0, 0.05) is 0 Å². The molecule has 0 aliphatic rings. The number of aryl methyl sites for hydroxylation is 2. The summed E-state index contributed by atoms with van der Waals surface area (Å²) in [6.45, 7) is 4.42. The van der Waals surface area contributed by atoms with Gasteiger partial charge in [0.25, 0.3) is 0 Å². The monoisotopic (exact) mass is 536 g/mol. The predicted octanol–water partition coefficient (Wildman–Crippen LogP) is 9.52. The van der Waals surface area contributed by atoms with Gasteiger partial charge >= 0.3 is 11.9 Å². The maximum absolute atomic E-state index is 12.8. The number of esters is 2. The van der Waals surface area contributed by atoms with Gasteiger partial charge in [0.2, 0.25) is 0 Å². The van der Waals surface area contributed by atoms with Crippen LogP contribution in [0.2, 0.25) is 0 Å². The molecule has 208 valence electrons. The molecule has 0 radical (unpaired) electrons. The van der Waals surface area contributed by atoms with Crippen molar-refractivity contribution in [2.45, 2.75) is 78.1 Å². The second-order valence-electron chi connectivity index (χ2n) is 10.5. The summed E-state index contributed by atoms with van der Waals surface area (Å²) in [6.07, 6.45) is 11.9. The second-order valence-corrected chi connectivity index (χ2v) is 10.5. The third-order valence-corrected chi connectivity index (χ3v) is 7.22. The lowest BCUT2D eigenvalue weighted by atomic mass is 10.0. The average molecular weight is 537 g/mol. The summed E-state index contributed by atoms with van der Waals surface area (Å²) in [6, 6.07) is 26.2. The summed E-state index contributed by atoms with van der Waals surface area (Å²) in [4.78, 5) is 25.6. The standard InChI is InChI=1S/C36H40O4/c1-3-5-7-9-11-27-13-21-33(22-14-27)39-35(37)31-19-17-30-26-32(20-18-29(30)25-31)36(38)40-34-23-15-28(16-24-34)12-10-8-6-4-2/h13-26H,3-12H2,1-2H3. The summed E-state index contributed by atoms with van der Waals surface area (Å²) in [5.41, 5.74) is 3.43. The number of unbranched alkanes of at least 4 members (excludes halogenated alkanes) is 6. The molecule has 0 aliphatic heterocycles. The van der Waals surface area contributed by atoms with Crippen molar-refractivity contribution in [1.82, 2.24) is 0 Å². The van der Waals surface area contributed by atoms with E-state index in [0.29, 0.717) is 22.6 Å². The summed E-state index contributed by atoms with van der Waals surface area (Å²) >= 11 is 0. The molecule has 0 amide bonds. The van der Waals surface area contributed by atoms with Crippen LogP contribution in [0.15, 0.2) is 84.9 Å². The Labute approximate surface area is 238 Å². The Morgan fingerprint density at radius 1 is 0.500 bits per heavy atom. The van der Waals surface area contributed by atoms with Crippen LogP contribution < -0.4 is 9.47 Å². The van der Waals surface area contributed by atoms with E-state index in [2.05, 4.69) is 13.8 Å². The smallest absolute Gasteiger partial charge is 0.343 e. The van der Waals surface area contributed by atoms with E-state index in [9.17, 15) is 9.59 Å². The third-order valence-electron chi connectivity index (χ3n) is 7.22. The zero-order valence-electron chi connectivity index (χ0n) is 23.8. The first-order valence-corrected chi connectivity index (χ1v) is 14.7. The van der Waals surface area contributed by atoms with E-state index in [-0.39, 0.29) is 0 Å². The number of carbonyl (C=O) groups is 2. The van der Waals surface area contributed by atoms with E-state index in [0.717, 1.165) is 23.6 Å². The van der Waals surface area contributed by atoms with Gasteiger partial charge in [-0.15, -0.1) is 0 Å². The quantitative estimate of drug-likeness (QED) is 0.0915. The fraction of sp³-hybridized carbons (Fsp3) is 0.333. The van der Waals surface area contributed by atoms with E-state index in [1.807, 2.05) is 60.7 Å². The molecule has 0 saturated heterocycles. The third kappa shape index (κ3) is 8.54. The van der Waals surface area contributed by atoms with Gasteiger partial charge in [0.1, 0.15) is 11.5 Å². The van der Waals surface area contributed by atoms with E-state index < -0.39 is 11.9 Å². The molecule has 0 atom stereocenters. The number of ether oxygens (including phenoxy) is 2. The molecule has 0 spiro atoms. The molecule has 0 aliphatic carbocycles. The van der Waals surface area contributed by atoms with Gasteiger partial charge < -0.3 is 9.47 Å². The SMILES string of the molecule is CCCCCCc1ccc(OC(=O)c2ccc3cc(C(=O)Oc4ccc(CCCCCC)cc4)ccc3c2)cc1. The Balaban J connectivity index is 1.33. The predicted molar refractivity (Wildman–Crippen MR) is 162 cm³/mol. The van der Waals surface area contributed by atoms with Crippen LogP contribution in [0, 0.1) is 0 Å². The van der Waals surface area contributed by atoms with Crippen LogP contribution in [-0.4, -0.2) is 11.9 Å². The van der Waals surface area contributed by atoms with Crippen molar-refractivity contribution in [3.8, 4) is 11.5 Å². The molecule has 4 aromatic rings. The molecule has 0 fully saturated rings. The molecule has 4 aromatic carbocycles. The van der Waals surface area contributed by atoms with Crippen molar-refractivity contribution in [3.63, 3.8) is 0 Å². The number of carbonyl (C=O) groups excluding carboxylic acids is 2. The van der Waals surface area contributed by atoms with E-state index in [4.69, 9.17) is 9.47 Å². The zero-order valence-corrected chi connectivity index (χ0v) is 23.8. The molecule has 40 heavy (non-hydrogen) atoms. The largest absolute Gasteiger partial charge is 0.423 e. The fourth-order valence-electron chi connectivity index (χ4n) is 4.79. The van der Waals surface area contributed by atoms with Crippen molar-refractivity contribution in [1.29, 1.82) is 0 Å². The van der Waals surface area contributed by atoms with Crippen molar-refractivity contribution < 1.29 is 19.1 Å². The minimum Gasteiger partial charge on any atom is -0.423 e. The second kappa shape index (κ2) is 15.0. The molecular weight excluding hydrogens is 496 g/mol. The Kier molecular flexibility index (Phi) is 10.9. The first kappa shape index (κ1) is 29.1. The lowest BCUT2D eigenvalue weighted by Gasteiger charge is -2.09. The van der Waals surface area contributed by atoms with Gasteiger partial charge in [0.15, 0.2) is 0 Å².